The lowest BCUT2D eigenvalue weighted by Crippen LogP contribution is -2.32. The molecule has 1 heterocycles. The summed E-state index contributed by atoms with van der Waals surface area (Å²) in [6.45, 7) is 5.72. The largest absolute Gasteiger partial charge is 0.319 e. The van der Waals surface area contributed by atoms with E-state index in [1.807, 2.05) is 50.1 Å². The number of anilines is 1. The summed E-state index contributed by atoms with van der Waals surface area (Å²) in [5.74, 6) is -0.299. The van der Waals surface area contributed by atoms with Gasteiger partial charge in [0.1, 0.15) is 10.7 Å². The molecule has 2 aromatic carbocycles. The van der Waals surface area contributed by atoms with E-state index >= 15 is 0 Å². The van der Waals surface area contributed by atoms with Crippen LogP contribution >= 0.6 is 11.3 Å². The zero-order chi connectivity index (χ0) is 20.4. The van der Waals surface area contributed by atoms with Crippen molar-refractivity contribution in [3.05, 3.63) is 62.6 Å². The standard InChI is InChI=1S/C20H22N4O3S/c1-12-9-10-16(24(26)27)19(13(12)2)22-18(25)11-23(4)14(3)20-21-15-7-5-6-8-17(15)28-20/h5-10,14H,11H2,1-4H3,(H,22,25). The molecule has 0 bridgehead atoms. The van der Waals surface area contributed by atoms with Crippen molar-refractivity contribution in [3.63, 3.8) is 0 Å². The lowest BCUT2D eigenvalue weighted by molar-refractivity contribution is -0.384. The Bertz CT molecular complexity index is 1010. The highest BCUT2D eigenvalue weighted by molar-refractivity contribution is 7.18. The van der Waals surface area contributed by atoms with E-state index in [1.165, 1.54) is 6.07 Å². The van der Waals surface area contributed by atoms with Gasteiger partial charge in [-0.15, -0.1) is 11.3 Å². The number of nitro groups is 1. The molecule has 1 aromatic heterocycles. The van der Waals surface area contributed by atoms with Gasteiger partial charge in [-0.1, -0.05) is 18.2 Å². The van der Waals surface area contributed by atoms with Crippen molar-refractivity contribution in [2.24, 2.45) is 0 Å². The molecular weight excluding hydrogens is 376 g/mol. The molecular formula is C20H22N4O3S. The van der Waals surface area contributed by atoms with Crippen molar-refractivity contribution in [1.82, 2.24) is 9.88 Å². The molecule has 1 atom stereocenters. The van der Waals surface area contributed by atoms with E-state index in [4.69, 9.17) is 0 Å². The number of para-hydroxylation sites is 1. The number of hydrogen-bond acceptors (Lipinski definition) is 6. The summed E-state index contributed by atoms with van der Waals surface area (Å²) in [4.78, 5) is 29.9. The maximum atomic E-state index is 12.6. The molecule has 0 spiro atoms. The number of fused-ring (bicyclic) bond motifs is 1. The lowest BCUT2D eigenvalue weighted by Gasteiger charge is -2.22. The predicted octanol–water partition coefficient (Wildman–Crippen LogP) is 4.45. The summed E-state index contributed by atoms with van der Waals surface area (Å²) < 4.78 is 1.10. The monoisotopic (exact) mass is 398 g/mol. The van der Waals surface area contributed by atoms with Crippen molar-refractivity contribution in [3.8, 4) is 0 Å². The summed E-state index contributed by atoms with van der Waals surface area (Å²) in [6.07, 6.45) is 0. The fraction of sp³-hybridized carbons (Fsp3) is 0.300. The highest BCUT2D eigenvalue weighted by Crippen LogP contribution is 2.31. The fourth-order valence-corrected chi connectivity index (χ4v) is 4.00. The Hall–Kier alpha value is -2.84. The van der Waals surface area contributed by atoms with E-state index < -0.39 is 4.92 Å². The minimum atomic E-state index is -0.477. The van der Waals surface area contributed by atoms with Crippen molar-refractivity contribution in [2.75, 3.05) is 18.9 Å². The van der Waals surface area contributed by atoms with Gasteiger partial charge >= 0.3 is 0 Å². The zero-order valence-electron chi connectivity index (χ0n) is 16.2. The van der Waals surface area contributed by atoms with Gasteiger partial charge in [0.2, 0.25) is 5.91 Å². The van der Waals surface area contributed by atoms with E-state index in [-0.39, 0.29) is 29.9 Å². The molecule has 1 N–H and O–H groups in total. The summed E-state index contributed by atoms with van der Waals surface area (Å²) in [7, 11) is 1.84. The fourth-order valence-electron chi connectivity index (χ4n) is 2.91. The molecule has 1 amide bonds. The van der Waals surface area contributed by atoms with Gasteiger partial charge in [0.05, 0.1) is 27.7 Å². The average Bonchev–Trinajstić information content (AvgIpc) is 3.08. The van der Waals surface area contributed by atoms with Gasteiger partial charge in [-0.3, -0.25) is 19.8 Å². The van der Waals surface area contributed by atoms with Gasteiger partial charge < -0.3 is 5.32 Å². The van der Waals surface area contributed by atoms with Crippen LogP contribution < -0.4 is 5.32 Å². The maximum Gasteiger partial charge on any atom is 0.293 e. The number of nitrogens with zero attached hydrogens (tertiary/aromatic N) is 3. The van der Waals surface area contributed by atoms with Crippen LogP contribution in [-0.4, -0.2) is 34.3 Å². The van der Waals surface area contributed by atoms with Crippen LogP contribution in [-0.2, 0) is 4.79 Å². The zero-order valence-corrected chi connectivity index (χ0v) is 17.0. The van der Waals surface area contributed by atoms with E-state index in [1.54, 1.807) is 24.3 Å². The van der Waals surface area contributed by atoms with Gasteiger partial charge in [-0.25, -0.2) is 4.98 Å². The molecule has 7 nitrogen and oxygen atoms in total. The second-order valence-corrected chi connectivity index (χ2v) is 7.88. The van der Waals surface area contributed by atoms with Gasteiger partial charge in [0.15, 0.2) is 0 Å². The Morgan fingerprint density at radius 2 is 2.00 bits per heavy atom. The van der Waals surface area contributed by atoms with Crippen LogP contribution in [0.3, 0.4) is 0 Å². The number of nitro benzene ring substituents is 1. The van der Waals surface area contributed by atoms with Crippen LogP contribution in [0.1, 0.15) is 29.1 Å². The van der Waals surface area contributed by atoms with Crippen LogP contribution in [0.5, 0.6) is 0 Å². The summed E-state index contributed by atoms with van der Waals surface area (Å²) >= 11 is 1.60. The molecule has 3 rings (SSSR count). The molecule has 1 unspecified atom stereocenters. The van der Waals surface area contributed by atoms with Gasteiger partial charge in [0.25, 0.3) is 5.69 Å². The van der Waals surface area contributed by atoms with Crippen LogP contribution in [0.15, 0.2) is 36.4 Å². The van der Waals surface area contributed by atoms with E-state index in [9.17, 15) is 14.9 Å². The van der Waals surface area contributed by atoms with E-state index in [0.717, 1.165) is 20.8 Å². The van der Waals surface area contributed by atoms with Crippen LogP contribution in [0.2, 0.25) is 0 Å². The van der Waals surface area contributed by atoms with Crippen LogP contribution in [0, 0.1) is 24.0 Å². The van der Waals surface area contributed by atoms with E-state index in [2.05, 4.69) is 10.3 Å². The number of hydrogen-bond donors (Lipinski definition) is 1. The second-order valence-electron chi connectivity index (χ2n) is 6.82. The minimum absolute atomic E-state index is 0.0586. The Kier molecular flexibility index (Phi) is 5.71. The molecule has 0 aliphatic rings. The first-order chi connectivity index (χ1) is 13.3. The first-order valence-electron chi connectivity index (χ1n) is 8.88. The molecule has 8 heteroatoms. The predicted molar refractivity (Wildman–Crippen MR) is 112 cm³/mol. The number of carbonyl (C=O) groups excluding carboxylic acids is 1. The number of aryl methyl sites for hydroxylation is 1. The first-order valence-corrected chi connectivity index (χ1v) is 9.69. The Labute approximate surface area is 167 Å². The Balaban J connectivity index is 1.74. The van der Waals surface area contributed by atoms with Crippen molar-refractivity contribution in [2.45, 2.75) is 26.8 Å². The Morgan fingerprint density at radius 1 is 1.29 bits per heavy atom. The van der Waals surface area contributed by atoms with Gasteiger partial charge in [-0.2, -0.15) is 0 Å². The number of aromatic nitrogens is 1. The Morgan fingerprint density at radius 3 is 2.68 bits per heavy atom. The molecule has 0 aliphatic carbocycles. The average molecular weight is 398 g/mol. The maximum absolute atomic E-state index is 12.6. The molecule has 0 saturated carbocycles. The third-order valence-corrected chi connectivity index (χ3v) is 6.10. The van der Waals surface area contributed by atoms with E-state index in [0.29, 0.717) is 5.56 Å². The van der Waals surface area contributed by atoms with Gasteiger partial charge in [-0.05, 0) is 51.1 Å². The van der Waals surface area contributed by atoms with Crippen molar-refractivity contribution < 1.29 is 9.72 Å². The summed E-state index contributed by atoms with van der Waals surface area (Å²) in [5, 5.41) is 15.0. The molecule has 146 valence electrons. The number of likely N-dealkylation sites (N-methyl/N-ethyl adjacent to an activating group) is 1. The van der Waals surface area contributed by atoms with Crippen LogP contribution in [0.25, 0.3) is 10.2 Å². The SMILES string of the molecule is Cc1ccc([N+](=O)[O-])c(NC(=O)CN(C)C(C)c2nc3ccccc3s2)c1C. The quantitative estimate of drug-likeness (QED) is 0.489. The molecule has 0 fully saturated rings. The topological polar surface area (TPSA) is 88.4 Å². The highest BCUT2D eigenvalue weighted by Gasteiger charge is 2.22. The van der Waals surface area contributed by atoms with Crippen LogP contribution in [0.4, 0.5) is 11.4 Å². The number of rotatable bonds is 6. The lowest BCUT2D eigenvalue weighted by atomic mass is 10.1. The minimum Gasteiger partial charge on any atom is -0.319 e. The number of benzene rings is 2. The molecule has 3 aromatic rings. The third-order valence-electron chi connectivity index (χ3n) is 4.90. The molecule has 28 heavy (non-hydrogen) atoms. The number of nitrogens with one attached hydrogen (secondary N) is 1. The molecule has 0 radical (unpaired) electrons. The number of thiazole rings is 1. The number of amides is 1. The normalized spacial score (nSPS) is 12.3. The number of carbonyl (C=O) groups is 1. The van der Waals surface area contributed by atoms with Crippen molar-refractivity contribution >= 4 is 38.8 Å². The van der Waals surface area contributed by atoms with Gasteiger partial charge in [0, 0.05) is 6.07 Å². The summed E-state index contributed by atoms with van der Waals surface area (Å²) in [6, 6.07) is 11.0. The second kappa shape index (κ2) is 8.04. The smallest absolute Gasteiger partial charge is 0.293 e. The first kappa shape index (κ1) is 19.9. The molecule has 0 saturated heterocycles. The summed E-state index contributed by atoms with van der Waals surface area (Å²) in [5.41, 5.74) is 2.69. The highest BCUT2D eigenvalue weighted by atomic mass is 32.1. The van der Waals surface area contributed by atoms with Crippen molar-refractivity contribution in [1.29, 1.82) is 0 Å². The third kappa shape index (κ3) is 4.02. The molecule has 0 aliphatic heterocycles.